The summed E-state index contributed by atoms with van der Waals surface area (Å²) in [6.45, 7) is 13.5. The minimum Gasteiger partial charge on any atom is -0.327 e. The van der Waals surface area contributed by atoms with Gasteiger partial charge in [-0.1, -0.05) is 41.5 Å². The molecule has 0 aliphatic rings. The lowest BCUT2D eigenvalue weighted by atomic mass is 9.74. The molecule has 0 saturated heterocycles. The number of hydrogen-bond donors (Lipinski definition) is 1. The highest BCUT2D eigenvalue weighted by molar-refractivity contribution is 4.79. The first-order valence-electron chi connectivity index (χ1n) is 5.03. The number of hydrogen-bond acceptors (Lipinski definition) is 1. The molecule has 0 rings (SSSR count). The maximum absolute atomic E-state index is 6.04. The third kappa shape index (κ3) is 3.57. The van der Waals surface area contributed by atoms with Gasteiger partial charge in [0.05, 0.1) is 0 Å². The van der Waals surface area contributed by atoms with E-state index in [0.717, 1.165) is 6.42 Å². The molecule has 2 N–H and O–H groups in total. The Kier molecular flexibility index (Phi) is 4.25. The van der Waals surface area contributed by atoms with Crippen LogP contribution >= 0.6 is 0 Å². The van der Waals surface area contributed by atoms with E-state index in [9.17, 15) is 0 Å². The van der Waals surface area contributed by atoms with E-state index in [-0.39, 0.29) is 0 Å². The zero-order valence-electron chi connectivity index (χ0n) is 9.52. The molecule has 1 atom stereocenters. The highest BCUT2D eigenvalue weighted by Crippen LogP contribution is 2.32. The average molecular weight is 171 g/mol. The summed E-state index contributed by atoms with van der Waals surface area (Å²) in [5.41, 5.74) is 6.42. The summed E-state index contributed by atoms with van der Waals surface area (Å²) in [7, 11) is 0. The van der Waals surface area contributed by atoms with Gasteiger partial charge in [-0.2, -0.15) is 0 Å². The van der Waals surface area contributed by atoms with Gasteiger partial charge in [0.25, 0.3) is 0 Å². The number of nitrogens with two attached hydrogens (primary N) is 1. The zero-order valence-corrected chi connectivity index (χ0v) is 9.52. The third-order valence-corrected chi connectivity index (χ3v) is 3.18. The molecule has 0 aromatic rings. The lowest BCUT2D eigenvalue weighted by Gasteiger charge is -2.33. The molecule has 0 aliphatic carbocycles. The monoisotopic (exact) mass is 171 g/mol. The van der Waals surface area contributed by atoms with E-state index in [4.69, 9.17) is 5.73 Å². The molecule has 1 nitrogen and oxygen atoms in total. The standard InChI is InChI=1S/C11H25N/c1-8(2)10(12)7-11(5,6)9(3)4/h8-10H,7,12H2,1-6H3. The lowest BCUT2D eigenvalue weighted by Crippen LogP contribution is -2.34. The highest BCUT2D eigenvalue weighted by Gasteiger charge is 2.25. The van der Waals surface area contributed by atoms with Crippen LogP contribution in [0.15, 0.2) is 0 Å². The largest absolute Gasteiger partial charge is 0.327 e. The van der Waals surface area contributed by atoms with Crippen molar-refractivity contribution in [1.29, 1.82) is 0 Å². The van der Waals surface area contributed by atoms with E-state index >= 15 is 0 Å². The Hall–Kier alpha value is -0.0400. The van der Waals surface area contributed by atoms with Gasteiger partial charge in [-0.15, -0.1) is 0 Å². The second-order valence-corrected chi connectivity index (χ2v) is 5.26. The van der Waals surface area contributed by atoms with Crippen LogP contribution in [-0.2, 0) is 0 Å². The highest BCUT2D eigenvalue weighted by atomic mass is 14.6. The first-order chi connectivity index (χ1) is 5.27. The second-order valence-electron chi connectivity index (χ2n) is 5.26. The van der Waals surface area contributed by atoms with E-state index in [1.54, 1.807) is 0 Å². The van der Waals surface area contributed by atoms with Gasteiger partial charge in [0.15, 0.2) is 0 Å². The van der Waals surface area contributed by atoms with Gasteiger partial charge in [-0.3, -0.25) is 0 Å². The summed E-state index contributed by atoms with van der Waals surface area (Å²) in [6.07, 6.45) is 1.13. The summed E-state index contributed by atoms with van der Waals surface area (Å²) in [5.74, 6) is 1.31. The molecule has 0 spiro atoms. The third-order valence-electron chi connectivity index (χ3n) is 3.18. The molecule has 12 heavy (non-hydrogen) atoms. The molecule has 0 aromatic carbocycles. The fourth-order valence-electron chi connectivity index (χ4n) is 1.08. The minimum atomic E-state index is 0.349. The zero-order chi connectivity index (χ0) is 9.94. The van der Waals surface area contributed by atoms with Gasteiger partial charge < -0.3 is 5.73 Å². The molecule has 0 aromatic heterocycles. The SMILES string of the molecule is CC(C)C(N)CC(C)(C)C(C)C. The normalized spacial score (nSPS) is 15.8. The Balaban J connectivity index is 4.05. The van der Waals surface area contributed by atoms with Crippen LogP contribution in [0.5, 0.6) is 0 Å². The maximum Gasteiger partial charge on any atom is 0.00670 e. The first-order valence-corrected chi connectivity index (χ1v) is 5.03. The summed E-state index contributed by atoms with van der Waals surface area (Å²) in [4.78, 5) is 0. The summed E-state index contributed by atoms with van der Waals surface area (Å²) >= 11 is 0. The van der Waals surface area contributed by atoms with E-state index in [0.29, 0.717) is 23.3 Å². The molecule has 0 fully saturated rings. The van der Waals surface area contributed by atoms with Gasteiger partial charge in [0.2, 0.25) is 0 Å². The van der Waals surface area contributed by atoms with Gasteiger partial charge in [0, 0.05) is 6.04 Å². The molecular weight excluding hydrogens is 146 g/mol. The van der Waals surface area contributed by atoms with Crippen molar-refractivity contribution < 1.29 is 0 Å². The van der Waals surface area contributed by atoms with Gasteiger partial charge in [0.1, 0.15) is 0 Å². The fraction of sp³-hybridized carbons (Fsp3) is 1.00. The summed E-state index contributed by atoms with van der Waals surface area (Å²) < 4.78 is 0. The molecular formula is C11H25N. The first kappa shape index (κ1) is 12.0. The van der Waals surface area contributed by atoms with Crippen molar-refractivity contribution in [2.45, 2.75) is 54.0 Å². The molecule has 0 heterocycles. The van der Waals surface area contributed by atoms with Crippen LogP contribution in [0.25, 0.3) is 0 Å². The summed E-state index contributed by atoms with van der Waals surface area (Å²) in [6, 6.07) is 0.349. The van der Waals surface area contributed by atoms with E-state index in [2.05, 4.69) is 41.5 Å². The van der Waals surface area contributed by atoms with Crippen LogP contribution in [0.3, 0.4) is 0 Å². The van der Waals surface area contributed by atoms with Crippen LogP contribution in [0.2, 0.25) is 0 Å². The van der Waals surface area contributed by atoms with Crippen LogP contribution in [0.4, 0.5) is 0 Å². The van der Waals surface area contributed by atoms with Crippen LogP contribution in [0.1, 0.15) is 48.0 Å². The topological polar surface area (TPSA) is 26.0 Å². The van der Waals surface area contributed by atoms with Crippen LogP contribution in [-0.4, -0.2) is 6.04 Å². The number of rotatable bonds is 4. The predicted octanol–water partition coefficient (Wildman–Crippen LogP) is 3.04. The Morgan fingerprint density at radius 1 is 1.08 bits per heavy atom. The smallest absolute Gasteiger partial charge is 0.00670 e. The van der Waals surface area contributed by atoms with Crippen molar-refractivity contribution >= 4 is 0 Å². The molecule has 1 unspecified atom stereocenters. The van der Waals surface area contributed by atoms with Crippen molar-refractivity contribution in [1.82, 2.24) is 0 Å². The quantitative estimate of drug-likeness (QED) is 0.691. The van der Waals surface area contributed by atoms with Crippen LogP contribution in [0, 0.1) is 17.3 Å². The molecule has 0 radical (unpaired) electrons. The molecule has 0 saturated carbocycles. The molecule has 0 aliphatic heterocycles. The second kappa shape index (κ2) is 4.27. The Morgan fingerprint density at radius 2 is 1.50 bits per heavy atom. The minimum absolute atomic E-state index is 0.349. The fourth-order valence-corrected chi connectivity index (χ4v) is 1.08. The Bertz CT molecular complexity index is 125. The molecule has 0 bridgehead atoms. The van der Waals surface area contributed by atoms with E-state index in [1.165, 1.54) is 0 Å². The van der Waals surface area contributed by atoms with Gasteiger partial charge in [-0.25, -0.2) is 0 Å². The van der Waals surface area contributed by atoms with Crippen molar-refractivity contribution in [3.63, 3.8) is 0 Å². The lowest BCUT2D eigenvalue weighted by molar-refractivity contribution is 0.196. The van der Waals surface area contributed by atoms with Crippen molar-refractivity contribution in [2.75, 3.05) is 0 Å². The molecule has 1 heteroatoms. The molecule has 74 valence electrons. The Labute approximate surface area is 77.7 Å². The maximum atomic E-state index is 6.04. The van der Waals surface area contributed by atoms with Gasteiger partial charge >= 0.3 is 0 Å². The van der Waals surface area contributed by atoms with Crippen molar-refractivity contribution in [2.24, 2.45) is 23.0 Å². The van der Waals surface area contributed by atoms with Crippen molar-refractivity contribution in [3.8, 4) is 0 Å². The predicted molar refractivity (Wildman–Crippen MR) is 56.0 cm³/mol. The van der Waals surface area contributed by atoms with Crippen molar-refractivity contribution in [3.05, 3.63) is 0 Å². The summed E-state index contributed by atoms with van der Waals surface area (Å²) in [5, 5.41) is 0. The van der Waals surface area contributed by atoms with Crippen LogP contribution < -0.4 is 5.73 Å². The molecule has 0 amide bonds. The van der Waals surface area contributed by atoms with E-state index < -0.39 is 0 Å². The Morgan fingerprint density at radius 3 is 1.75 bits per heavy atom. The van der Waals surface area contributed by atoms with Gasteiger partial charge in [-0.05, 0) is 23.7 Å². The van der Waals surface area contributed by atoms with E-state index in [1.807, 2.05) is 0 Å². The average Bonchev–Trinajstić information content (AvgIpc) is 1.85.